The Hall–Kier alpha value is -1.42. The number of aromatic amines is 1. The molecule has 1 aliphatic rings. The lowest BCUT2D eigenvalue weighted by molar-refractivity contribution is 0.142. The van der Waals surface area contributed by atoms with Crippen molar-refractivity contribution in [3.63, 3.8) is 0 Å². The molecule has 0 aromatic carbocycles. The van der Waals surface area contributed by atoms with E-state index < -0.39 is 0 Å². The second kappa shape index (κ2) is 3.81. The average molecular weight is 230 g/mol. The molecular formula is C13H18N4. The van der Waals surface area contributed by atoms with Gasteiger partial charge >= 0.3 is 0 Å². The van der Waals surface area contributed by atoms with E-state index in [1.54, 1.807) is 0 Å². The third-order valence-electron chi connectivity index (χ3n) is 4.04. The Balaban J connectivity index is 1.93. The van der Waals surface area contributed by atoms with Crippen LogP contribution in [0.25, 0.3) is 11.2 Å². The smallest absolute Gasteiger partial charge is 0.177 e. The van der Waals surface area contributed by atoms with Gasteiger partial charge in [0.05, 0.1) is 5.52 Å². The number of aryl methyl sites for hydroxylation is 1. The van der Waals surface area contributed by atoms with Crippen LogP contribution in [0.5, 0.6) is 0 Å². The van der Waals surface area contributed by atoms with Crippen molar-refractivity contribution in [2.24, 2.45) is 11.1 Å². The van der Waals surface area contributed by atoms with Crippen molar-refractivity contribution in [3.8, 4) is 0 Å². The van der Waals surface area contributed by atoms with Gasteiger partial charge in [0.15, 0.2) is 5.65 Å². The molecule has 90 valence electrons. The number of fused-ring (bicyclic) bond motifs is 1. The Morgan fingerprint density at radius 2 is 2.29 bits per heavy atom. The highest BCUT2D eigenvalue weighted by Gasteiger charge is 2.36. The van der Waals surface area contributed by atoms with E-state index in [0.717, 1.165) is 30.0 Å². The molecule has 0 spiro atoms. The molecule has 0 aliphatic heterocycles. The highest BCUT2D eigenvalue weighted by Crippen LogP contribution is 2.42. The highest BCUT2D eigenvalue weighted by molar-refractivity contribution is 5.74. The van der Waals surface area contributed by atoms with E-state index in [4.69, 9.17) is 5.73 Å². The van der Waals surface area contributed by atoms with Crippen LogP contribution in [0.3, 0.4) is 0 Å². The summed E-state index contributed by atoms with van der Waals surface area (Å²) in [4.78, 5) is 12.2. The maximum atomic E-state index is 5.88. The van der Waals surface area contributed by atoms with Gasteiger partial charge in [-0.05, 0) is 43.4 Å². The molecular weight excluding hydrogens is 212 g/mol. The molecule has 1 aliphatic carbocycles. The van der Waals surface area contributed by atoms with Gasteiger partial charge in [-0.3, -0.25) is 0 Å². The summed E-state index contributed by atoms with van der Waals surface area (Å²) in [6, 6.07) is 2.01. The predicted molar refractivity (Wildman–Crippen MR) is 67.7 cm³/mol. The van der Waals surface area contributed by atoms with Crippen molar-refractivity contribution in [2.75, 3.05) is 6.54 Å². The highest BCUT2D eigenvalue weighted by atomic mass is 15.0. The van der Waals surface area contributed by atoms with Crippen molar-refractivity contribution >= 4 is 11.2 Å². The topological polar surface area (TPSA) is 67.6 Å². The molecule has 0 unspecified atom stereocenters. The SMILES string of the molecule is Cc1ccnc2nc(CC3(CN)CCC3)[nH]c12. The molecule has 4 heteroatoms. The molecule has 2 aromatic rings. The van der Waals surface area contributed by atoms with Crippen molar-refractivity contribution in [1.29, 1.82) is 0 Å². The third kappa shape index (κ3) is 1.72. The summed E-state index contributed by atoms with van der Waals surface area (Å²) in [5.74, 6) is 1.03. The first kappa shape index (κ1) is 10.7. The molecule has 0 radical (unpaired) electrons. The molecule has 0 bridgehead atoms. The summed E-state index contributed by atoms with van der Waals surface area (Å²) < 4.78 is 0. The molecule has 3 rings (SSSR count). The van der Waals surface area contributed by atoms with E-state index >= 15 is 0 Å². The van der Waals surface area contributed by atoms with E-state index in [0.29, 0.717) is 5.41 Å². The normalized spacial score (nSPS) is 18.2. The van der Waals surface area contributed by atoms with Crippen molar-refractivity contribution < 1.29 is 0 Å². The van der Waals surface area contributed by atoms with Gasteiger partial charge in [-0.2, -0.15) is 0 Å². The van der Waals surface area contributed by atoms with Gasteiger partial charge in [0.2, 0.25) is 0 Å². The molecule has 1 saturated carbocycles. The number of imidazole rings is 1. The number of H-pyrrole nitrogens is 1. The molecule has 2 aromatic heterocycles. The molecule has 3 N–H and O–H groups in total. The summed E-state index contributed by atoms with van der Waals surface area (Å²) in [7, 11) is 0. The maximum absolute atomic E-state index is 5.88. The van der Waals surface area contributed by atoms with Crippen LogP contribution in [0.2, 0.25) is 0 Å². The minimum absolute atomic E-state index is 0.293. The van der Waals surface area contributed by atoms with E-state index in [1.165, 1.54) is 24.8 Å². The molecule has 1 fully saturated rings. The van der Waals surface area contributed by atoms with Gasteiger partial charge in [-0.25, -0.2) is 9.97 Å². The van der Waals surface area contributed by atoms with Gasteiger partial charge in [0.1, 0.15) is 5.82 Å². The van der Waals surface area contributed by atoms with Crippen LogP contribution >= 0.6 is 0 Å². The summed E-state index contributed by atoms with van der Waals surface area (Å²) >= 11 is 0. The van der Waals surface area contributed by atoms with E-state index in [2.05, 4.69) is 21.9 Å². The van der Waals surface area contributed by atoms with Gasteiger partial charge in [0, 0.05) is 12.6 Å². The van der Waals surface area contributed by atoms with Crippen LogP contribution in [0.4, 0.5) is 0 Å². The van der Waals surface area contributed by atoms with Crippen LogP contribution in [-0.4, -0.2) is 21.5 Å². The van der Waals surface area contributed by atoms with Crippen LogP contribution in [-0.2, 0) is 6.42 Å². The number of nitrogens with zero attached hydrogens (tertiary/aromatic N) is 2. The Morgan fingerprint density at radius 3 is 2.88 bits per heavy atom. The van der Waals surface area contributed by atoms with Gasteiger partial charge < -0.3 is 10.7 Å². The largest absolute Gasteiger partial charge is 0.340 e. The minimum atomic E-state index is 0.293. The monoisotopic (exact) mass is 230 g/mol. The molecule has 4 nitrogen and oxygen atoms in total. The van der Waals surface area contributed by atoms with E-state index in [1.807, 2.05) is 12.3 Å². The zero-order chi connectivity index (χ0) is 11.9. The van der Waals surface area contributed by atoms with Crippen molar-refractivity contribution in [2.45, 2.75) is 32.6 Å². The van der Waals surface area contributed by atoms with Crippen LogP contribution in [0, 0.1) is 12.3 Å². The first-order chi connectivity index (χ1) is 8.22. The van der Waals surface area contributed by atoms with Crippen molar-refractivity contribution in [1.82, 2.24) is 15.0 Å². The molecule has 0 amide bonds. The number of rotatable bonds is 3. The van der Waals surface area contributed by atoms with E-state index in [-0.39, 0.29) is 0 Å². The summed E-state index contributed by atoms with van der Waals surface area (Å²) in [6.45, 7) is 2.84. The summed E-state index contributed by atoms with van der Waals surface area (Å²) in [5, 5.41) is 0. The lowest BCUT2D eigenvalue weighted by atomic mass is 9.66. The van der Waals surface area contributed by atoms with Gasteiger partial charge in [-0.1, -0.05) is 6.42 Å². The van der Waals surface area contributed by atoms with Crippen LogP contribution < -0.4 is 5.73 Å². The number of pyridine rings is 1. The van der Waals surface area contributed by atoms with Gasteiger partial charge in [-0.15, -0.1) is 0 Å². The maximum Gasteiger partial charge on any atom is 0.177 e. The standard InChI is InChI=1S/C13H18N4/c1-9-3-6-15-12-11(9)16-10(17-12)7-13(8-14)4-2-5-13/h3,6H,2,4-5,7-8,14H2,1H3,(H,15,16,17). The third-order valence-corrected chi connectivity index (χ3v) is 4.04. The lowest BCUT2D eigenvalue weighted by Gasteiger charge is -2.40. The minimum Gasteiger partial charge on any atom is -0.340 e. The Kier molecular flexibility index (Phi) is 2.40. The lowest BCUT2D eigenvalue weighted by Crippen LogP contribution is -2.39. The van der Waals surface area contributed by atoms with Crippen LogP contribution in [0.1, 0.15) is 30.7 Å². The number of nitrogens with one attached hydrogen (secondary N) is 1. The quantitative estimate of drug-likeness (QED) is 0.846. The fourth-order valence-electron chi connectivity index (χ4n) is 2.65. The fourth-order valence-corrected chi connectivity index (χ4v) is 2.65. The zero-order valence-electron chi connectivity index (χ0n) is 10.2. The fraction of sp³-hybridized carbons (Fsp3) is 0.538. The first-order valence-corrected chi connectivity index (χ1v) is 6.23. The second-order valence-corrected chi connectivity index (χ2v) is 5.24. The number of hydrogen-bond donors (Lipinski definition) is 2. The number of hydrogen-bond acceptors (Lipinski definition) is 3. The molecule has 0 saturated heterocycles. The Bertz CT molecular complexity index is 534. The number of nitrogens with two attached hydrogens (primary N) is 1. The van der Waals surface area contributed by atoms with Crippen molar-refractivity contribution in [3.05, 3.63) is 23.7 Å². The molecule has 0 atom stereocenters. The predicted octanol–water partition coefficient (Wildman–Crippen LogP) is 1.94. The average Bonchev–Trinajstić information content (AvgIpc) is 2.68. The second-order valence-electron chi connectivity index (χ2n) is 5.24. The zero-order valence-corrected chi connectivity index (χ0v) is 10.2. The first-order valence-electron chi connectivity index (χ1n) is 6.23. The number of aromatic nitrogens is 3. The van der Waals surface area contributed by atoms with Crippen LogP contribution in [0.15, 0.2) is 12.3 Å². The molecule has 17 heavy (non-hydrogen) atoms. The molecule has 2 heterocycles. The summed E-state index contributed by atoms with van der Waals surface area (Å²) in [5.41, 5.74) is 9.26. The van der Waals surface area contributed by atoms with E-state index in [9.17, 15) is 0 Å². The summed E-state index contributed by atoms with van der Waals surface area (Å²) in [6.07, 6.45) is 6.53. The van der Waals surface area contributed by atoms with Gasteiger partial charge in [0.25, 0.3) is 0 Å². The Morgan fingerprint density at radius 1 is 1.47 bits per heavy atom. The Labute approximate surface area is 101 Å².